The minimum absolute atomic E-state index is 0.0342. The van der Waals surface area contributed by atoms with Gasteiger partial charge < -0.3 is 14.6 Å². The Morgan fingerprint density at radius 3 is 1.45 bits per heavy atom. The third-order valence-corrected chi connectivity index (χ3v) is 16.9. The molecule has 0 aliphatic carbocycles. The molecule has 1 N–H and O–H groups in total. The third kappa shape index (κ3) is 15.5. The molecule has 0 spiro atoms. The highest BCUT2D eigenvalue weighted by Gasteiger charge is 2.18. The fraction of sp³-hybridized carbons (Fsp3) is 0.676. The van der Waals surface area contributed by atoms with Crippen molar-refractivity contribution in [3.8, 4) is 0 Å². The van der Waals surface area contributed by atoms with Gasteiger partial charge in [0.25, 0.3) is 0 Å². The number of aliphatic hydroxyl groups excluding tert-OH is 1. The van der Waals surface area contributed by atoms with Gasteiger partial charge in [-0.25, -0.2) is 0 Å². The highest BCUT2D eigenvalue weighted by molar-refractivity contribution is 6.73. The van der Waals surface area contributed by atoms with E-state index in [-0.39, 0.29) is 12.9 Å². The van der Waals surface area contributed by atoms with Gasteiger partial charge in [-0.2, -0.15) is 0 Å². The van der Waals surface area contributed by atoms with Crippen LogP contribution in [0.4, 0.5) is 0 Å². The predicted octanol–water partition coefficient (Wildman–Crippen LogP) is 7.49. The van der Waals surface area contributed by atoms with E-state index in [1.807, 2.05) is 0 Å². The van der Waals surface area contributed by atoms with E-state index in [4.69, 9.17) is 14.6 Å². The second kappa shape index (κ2) is 20.7. The molecule has 2 aromatic carbocycles. The van der Waals surface area contributed by atoms with Crippen LogP contribution in [-0.2, 0) is 22.3 Å². The number of rotatable bonds is 16. The Hall–Kier alpha value is -1.25. The molecule has 5 heteroatoms. The van der Waals surface area contributed by atoms with E-state index in [0.29, 0.717) is 0 Å². The Balaban J connectivity index is 0.000000307. The van der Waals surface area contributed by atoms with E-state index < -0.39 is 17.6 Å². The van der Waals surface area contributed by atoms with E-state index in [1.54, 1.807) is 10.4 Å². The quantitative estimate of drug-likeness (QED) is 0.200. The molecule has 1 unspecified atom stereocenters. The van der Waals surface area contributed by atoms with Crippen LogP contribution in [0.2, 0.25) is 24.2 Å². The molecular formula is C37H64O3Si2. The highest BCUT2D eigenvalue weighted by Crippen LogP contribution is 2.17. The molecule has 0 radical (unpaired) electrons. The normalized spacial score (nSPS) is 15.7. The fourth-order valence-electron chi connectivity index (χ4n) is 6.21. The Morgan fingerprint density at radius 2 is 1.10 bits per heavy atom. The molecule has 1 fully saturated rings. The molecule has 42 heavy (non-hydrogen) atoms. The van der Waals surface area contributed by atoms with Gasteiger partial charge in [-0.1, -0.05) is 138 Å². The summed E-state index contributed by atoms with van der Waals surface area (Å²) < 4.78 is 11.5. The van der Waals surface area contributed by atoms with Gasteiger partial charge in [-0.05, 0) is 66.9 Å². The zero-order chi connectivity index (χ0) is 30.9. The third-order valence-electron chi connectivity index (χ3n) is 8.16. The Bertz CT molecular complexity index is 914. The van der Waals surface area contributed by atoms with Gasteiger partial charge in [0.1, 0.15) is 0 Å². The summed E-state index contributed by atoms with van der Waals surface area (Å²) in [5, 5.41) is 12.2. The van der Waals surface area contributed by atoms with Crippen molar-refractivity contribution in [3.63, 3.8) is 0 Å². The van der Waals surface area contributed by atoms with Crippen LogP contribution in [0.1, 0.15) is 85.8 Å². The van der Waals surface area contributed by atoms with Gasteiger partial charge in [0.2, 0.25) is 0 Å². The van der Waals surface area contributed by atoms with Crippen molar-refractivity contribution in [2.75, 3.05) is 19.8 Å². The van der Waals surface area contributed by atoms with Gasteiger partial charge in [0.15, 0.2) is 6.29 Å². The van der Waals surface area contributed by atoms with E-state index >= 15 is 0 Å². The van der Waals surface area contributed by atoms with Crippen LogP contribution in [0.3, 0.4) is 0 Å². The molecule has 1 heterocycles. The minimum atomic E-state index is -0.830. The van der Waals surface area contributed by atoms with Crippen molar-refractivity contribution in [2.45, 2.75) is 118 Å². The van der Waals surface area contributed by atoms with Crippen molar-refractivity contribution >= 4 is 28.0 Å². The maximum atomic E-state index is 8.94. The molecule has 3 nitrogen and oxygen atoms in total. The minimum Gasteiger partial charge on any atom is -0.396 e. The summed E-state index contributed by atoms with van der Waals surface area (Å²) in [6, 6.07) is 24.1. The predicted molar refractivity (Wildman–Crippen MR) is 189 cm³/mol. The number of hydrogen-bond donors (Lipinski definition) is 1. The molecule has 1 atom stereocenters. The summed E-state index contributed by atoms with van der Waals surface area (Å²) in [6.07, 6.45) is 5.26. The number of benzene rings is 2. The second-order valence-electron chi connectivity index (χ2n) is 14.3. The van der Waals surface area contributed by atoms with E-state index in [9.17, 15) is 0 Å². The molecular weight excluding hydrogens is 549 g/mol. The van der Waals surface area contributed by atoms with Crippen LogP contribution in [0.15, 0.2) is 48.5 Å². The summed E-state index contributed by atoms with van der Waals surface area (Å²) in [7, 11) is -1.64. The van der Waals surface area contributed by atoms with Crippen LogP contribution < -0.4 is 10.4 Å². The number of ether oxygens (including phenoxy) is 2. The summed E-state index contributed by atoms with van der Waals surface area (Å²) in [4.78, 5) is 0. The average Bonchev–Trinajstić information content (AvgIpc) is 2.93. The lowest BCUT2D eigenvalue weighted by Crippen LogP contribution is -2.32. The van der Waals surface area contributed by atoms with Crippen molar-refractivity contribution in [2.24, 2.45) is 23.7 Å². The van der Waals surface area contributed by atoms with Gasteiger partial charge in [-0.15, -0.1) is 0 Å². The molecule has 0 aromatic heterocycles. The molecule has 0 bridgehead atoms. The van der Waals surface area contributed by atoms with Gasteiger partial charge in [0.05, 0.1) is 24.2 Å². The molecule has 3 rings (SSSR count). The first-order valence-electron chi connectivity index (χ1n) is 17.1. The second-order valence-corrected chi connectivity index (χ2v) is 20.3. The lowest BCUT2D eigenvalue weighted by molar-refractivity contribution is -0.161. The first-order chi connectivity index (χ1) is 20.1. The first kappa shape index (κ1) is 36.9. The lowest BCUT2D eigenvalue weighted by Gasteiger charge is -2.22. The Labute approximate surface area is 263 Å². The van der Waals surface area contributed by atoms with Crippen molar-refractivity contribution < 1.29 is 14.6 Å². The highest BCUT2D eigenvalue weighted by atomic mass is 28.3. The van der Waals surface area contributed by atoms with Crippen molar-refractivity contribution in [1.29, 1.82) is 0 Å². The van der Waals surface area contributed by atoms with E-state index in [2.05, 4.69) is 104 Å². The van der Waals surface area contributed by atoms with E-state index in [1.165, 1.54) is 48.1 Å². The lowest BCUT2D eigenvalue weighted by atomic mass is 10.1. The van der Waals surface area contributed by atoms with Crippen molar-refractivity contribution in [3.05, 3.63) is 59.7 Å². The summed E-state index contributed by atoms with van der Waals surface area (Å²) in [5.41, 5.74) is 2.64. The molecule has 0 amide bonds. The molecule has 0 saturated carbocycles. The molecule has 1 aliphatic rings. The average molecular weight is 613 g/mol. The smallest absolute Gasteiger partial charge is 0.157 e. The summed E-state index contributed by atoms with van der Waals surface area (Å²) in [6.45, 7) is 20.7. The van der Waals surface area contributed by atoms with Gasteiger partial charge in [-0.3, -0.25) is 0 Å². The van der Waals surface area contributed by atoms with Gasteiger partial charge in [0, 0.05) is 13.2 Å². The first-order valence-corrected chi connectivity index (χ1v) is 21.5. The SMILES string of the molecule is CC(C)C[SiH](CC(C)C)c1ccc(CCO)cc1.CC(C)C[SiH](CC(C)C)c1ccc(CCOC2CCCCO2)cc1. The monoisotopic (exact) mass is 612 g/mol. The van der Waals surface area contributed by atoms with Gasteiger partial charge >= 0.3 is 0 Å². The molecule has 2 aromatic rings. The zero-order valence-electron chi connectivity index (χ0n) is 28.4. The standard InChI is InChI=1S/C21H36O2Si.C16H28OSi/c1-17(2)15-24(16-18(3)4)20-10-8-19(9-11-20)12-14-23-21-7-5-6-13-22-21;1-13(2)11-18(12-14(3)4)16-7-5-15(6-8-16)9-10-17/h8-11,17-18,21,24H,5-7,12-16H2,1-4H3;5-8,13-14,17-18H,9-12H2,1-4H3. The molecule has 238 valence electrons. The maximum absolute atomic E-state index is 8.94. The topological polar surface area (TPSA) is 38.7 Å². The number of hydrogen-bond acceptors (Lipinski definition) is 3. The molecule has 1 saturated heterocycles. The Morgan fingerprint density at radius 1 is 0.667 bits per heavy atom. The molecule has 1 aliphatic heterocycles. The number of aliphatic hydroxyl groups is 1. The fourth-order valence-corrected chi connectivity index (χ4v) is 13.7. The van der Waals surface area contributed by atoms with Crippen LogP contribution in [0.25, 0.3) is 0 Å². The zero-order valence-corrected chi connectivity index (χ0v) is 30.7. The Kier molecular flexibility index (Phi) is 18.2. The maximum Gasteiger partial charge on any atom is 0.157 e. The van der Waals surface area contributed by atoms with E-state index in [0.717, 1.165) is 56.1 Å². The van der Waals surface area contributed by atoms with Crippen molar-refractivity contribution in [1.82, 2.24) is 0 Å². The van der Waals surface area contributed by atoms with Crippen LogP contribution in [0.5, 0.6) is 0 Å². The van der Waals surface area contributed by atoms with Crippen LogP contribution >= 0.6 is 0 Å². The summed E-state index contributed by atoms with van der Waals surface area (Å²) in [5.74, 6) is 3.23. The summed E-state index contributed by atoms with van der Waals surface area (Å²) >= 11 is 0. The van der Waals surface area contributed by atoms with Crippen LogP contribution in [0, 0.1) is 23.7 Å². The van der Waals surface area contributed by atoms with Crippen LogP contribution in [-0.4, -0.2) is 48.8 Å². The largest absolute Gasteiger partial charge is 0.396 e.